The Labute approximate surface area is 225 Å². The van der Waals surface area contributed by atoms with Crippen molar-refractivity contribution in [1.82, 2.24) is 9.13 Å². The van der Waals surface area contributed by atoms with Gasteiger partial charge in [-0.1, -0.05) is 6.07 Å². The molecular formula is C26H25FIN5O4. The smallest absolute Gasteiger partial charge is 0.337 e. The molecule has 1 unspecified atom stereocenters. The number of amides is 1. The zero-order valence-corrected chi connectivity index (χ0v) is 22.5. The van der Waals surface area contributed by atoms with Crippen LogP contribution < -0.4 is 26.8 Å². The number of likely N-dealkylation sites (N-methyl/N-ethyl adjacent to an activating group) is 1. The first-order chi connectivity index (χ1) is 17.6. The number of nitrogens with one attached hydrogen (secondary N) is 2. The molecule has 1 aliphatic carbocycles. The third kappa shape index (κ3) is 4.46. The highest BCUT2D eigenvalue weighted by Crippen LogP contribution is 2.38. The van der Waals surface area contributed by atoms with Gasteiger partial charge in [0.1, 0.15) is 17.2 Å². The van der Waals surface area contributed by atoms with Gasteiger partial charge in [0, 0.05) is 35.0 Å². The number of hydrogen-bond acceptors (Lipinski definition) is 6. The molecule has 1 aromatic heterocycles. The summed E-state index contributed by atoms with van der Waals surface area (Å²) in [6.45, 7) is 3.09. The molecule has 3 aromatic rings. The van der Waals surface area contributed by atoms with E-state index in [1.807, 2.05) is 22.6 Å². The fourth-order valence-electron chi connectivity index (χ4n) is 4.62. The molecular weight excluding hydrogens is 592 g/mol. The molecule has 2 aliphatic rings. The third-order valence-corrected chi connectivity index (χ3v) is 7.18. The molecule has 2 heterocycles. The fraction of sp³-hybridized carbons (Fsp3) is 0.269. The molecule has 5 rings (SSSR count). The van der Waals surface area contributed by atoms with Crippen LogP contribution in [-0.4, -0.2) is 33.4 Å². The Kier molecular flexibility index (Phi) is 6.44. The van der Waals surface area contributed by atoms with Crippen molar-refractivity contribution in [2.45, 2.75) is 39.0 Å². The van der Waals surface area contributed by atoms with E-state index in [0.717, 1.165) is 0 Å². The average molecular weight is 617 g/mol. The molecule has 1 aliphatic heterocycles. The molecule has 9 nitrogen and oxygen atoms in total. The van der Waals surface area contributed by atoms with E-state index in [9.17, 15) is 19.5 Å². The summed E-state index contributed by atoms with van der Waals surface area (Å²) in [6.07, 6.45) is 0.152. The monoisotopic (exact) mass is 617 g/mol. The maximum Gasteiger partial charge on any atom is 0.337 e. The van der Waals surface area contributed by atoms with E-state index >= 15 is 4.39 Å². The summed E-state index contributed by atoms with van der Waals surface area (Å²) in [5.74, 6) is -0.766. The average Bonchev–Trinajstić information content (AvgIpc) is 3.66. The van der Waals surface area contributed by atoms with Gasteiger partial charge < -0.3 is 20.6 Å². The number of anilines is 3. The van der Waals surface area contributed by atoms with E-state index < -0.39 is 23.3 Å². The van der Waals surface area contributed by atoms with Crippen LogP contribution in [-0.2, 0) is 4.79 Å². The Morgan fingerprint density at radius 3 is 2.49 bits per heavy atom. The second kappa shape index (κ2) is 9.45. The van der Waals surface area contributed by atoms with E-state index in [1.165, 1.54) is 33.1 Å². The van der Waals surface area contributed by atoms with Crippen molar-refractivity contribution >= 4 is 51.4 Å². The van der Waals surface area contributed by atoms with Crippen LogP contribution in [0.15, 0.2) is 57.6 Å². The van der Waals surface area contributed by atoms with Crippen LogP contribution in [0, 0.1) is 9.39 Å². The topological polar surface area (TPSA) is 109 Å². The Morgan fingerprint density at radius 1 is 1.14 bits per heavy atom. The Morgan fingerprint density at radius 2 is 1.84 bits per heavy atom. The van der Waals surface area contributed by atoms with Gasteiger partial charge in [0.2, 0.25) is 5.91 Å². The van der Waals surface area contributed by atoms with Crippen LogP contribution in [0.5, 0.6) is 0 Å². The van der Waals surface area contributed by atoms with Gasteiger partial charge in [-0.2, -0.15) is 0 Å². The number of rotatable bonds is 5. The standard InChI is InChI=1S/C26H25FIN5O4/c1-13-22(30-17-6-4-5-16(12-17)29-14(2)34)21-23(31(3)24(13)35)33(20-10-7-15(28)11-19(20)27)26(37)32(25(21)36)18-8-9-18/h4-7,10-12,18,24,30,35H,8-9H2,1-3H3,(H,29,34). The highest BCUT2D eigenvalue weighted by molar-refractivity contribution is 14.1. The normalized spacial score (nSPS) is 17.0. The van der Waals surface area contributed by atoms with Crippen LogP contribution in [0.4, 0.5) is 21.6 Å². The third-order valence-electron chi connectivity index (χ3n) is 6.51. The van der Waals surface area contributed by atoms with Crippen LogP contribution in [0.2, 0.25) is 0 Å². The first-order valence-corrected chi connectivity index (χ1v) is 12.8. The molecule has 37 heavy (non-hydrogen) atoms. The highest BCUT2D eigenvalue weighted by atomic mass is 127. The predicted octanol–water partition coefficient (Wildman–Crippen LogP) is 3.65. The minimum Gasteiger partial charge on any atom is -0.369 e. The molecule has 0 spiro atoms. The number of carbonyl (C=O) groups is 1. The minimum absolute atomic E-state index is 0.0123. The first kappa shape index (κ1) is 25.2. The zero-order valence-electron chi connectivity index (χ0n) is 20.4. The van der Waals surface area contributed by atoms with Gasteiger partial charge in [0.15, 0.2) is 6.23 Å². The van der Waals surface area contributed by atoms with Crippen molar-refractivity contribution in [2.75, 3.05) is 22.6 Å². The van der Waals surface area contributed by atoms with Crippen molar-refractivity contribution in [1.29, 1.82) is 0 Å². The number of halogens is 2. The Bertz CT molecular complexity index is 1590. The molecule has 0 radical (unpaired) electrons. The van der Waals surface area contributed by atoms with Crippen LogP contribution in [0.25, 0.3) is 11.4 Å². The van der Waals surface area contributed by atoms with Gasteiger partial charge in [-0.25, -0.2) is 13.8 Å². The van der Waals surface area contributed by atoms with Gasteiger partial charge in [0.05, 0.1) is 11.4 Å². The molecule has 0 bridgehead atoms. The molecule has 192 valence electrons. The molecule has 1 fully saturated rings. The largest absolute Gasteiger partial charge is 0.369 e. The lowest BCUT2D eigenvalue weighted by molar-refractivity contribution is -0.114. The molecule has 11 heteroatoms. The number of aliphatic hydroxyl groups excluding tert-OH is 1. The van der Waals surface area contributed by atoms with Crippen molar-refractivity contribution in [3.63, 3.8) is 0 Å². The lowest BCUT2D eigenvalue weighted by Crippen LogP contribution is -2.49. The SMILES string of the molecule is CC(=O)Nc1cccc(NC2=C(C)C(O)N(C)c3c2c(=O)n(C2CC2)c(=O)n3-c2ccc(I)cc2F)c1. The van der Waals surface area contributed by atoms with Gasteiger partial charge in [0.25, 0.3) is 5.56 Å². The van der Waals surface area contributed by atoms with Gasteiger partial charge in [-0.15, -0.1) is 0 Å². The second-order valence-electron chi connectivity index (χ2n) is 9.25. The summed E-state index contributed by atoms with van der Waals surface area (Å²) in [4.78, 5) is 40.5. The summed E-state index contributed by atoms with van der Waals surface area (Å²) < 4.78 is 18.2. The summed E-state index contributed by atoms with van der Waals surface area (Å²) >= 11 is 1.98. The summed E-state index contributed by atoms with van der Waals surface area (Å²) in [5.41, 5.74) is 0.846. The van der Waals surface area contributed by atoms with Crippen molar-refractivity contribution in [3.05, 3.63) is 83.8 Å². The lowest BCUT2D eigenvalue weighted by Gasteiger charge is -2.36. The molecule has 1 amide bonds. The van der Waals surface area contributed by atoms with Gasteiger partial charge >= 0.3 is 5.69 Å². The molecule has 2 aromatic carbocycles. The van der Waals surface area contributed by atoms with Gasteiger partial charge in [-0.3, -0.25) is 14.2 Å². The number of hydrogen-bond donors (Lipinski definition) is 3. The summed E-state index contributed by atoms with van der Waals surface area (Å²) in [6, 6.07) is 11.1. The highest BCUT2D eigenvalue weighted by Gasteiger charge is 2.38. The van der Waals surface area contributed by atoms with Crippen molar-refractivity contribution in [2.24, 2.45) is 0 Å². The van der Waals surface area contributed by atoms with E-state index in [2.05, 4.69) is 10.6 Å². The second-order valence-corrected chi connectivity index (χ2v) is 10.5. The summed E-state index contributed by atoms with van der Waals surface area (Å²) in [5, 5.41) is 17.1. The Hall–Kier alpha value is -3.45. The maximum atomic E-state index is 15.2. The molecule has 1 atom stereocenters. The van der Waals surface area contributed by atoms with Crippen molar-refractivity contribution in [3.8, 4) is 5.69 Å². The van der Waals surface area contributed by atoms with E-state index in [-0.39, 0.29) is 29.0 Å². The fourth-order valence-corrected chi connectivity index (χ4v) is 5.07. The van der Waals surface area contributed by atoms with Crippen molar-refractivity contribution < 1.29 is 14.3 Å². The number of aromatic nitrogens is 2. The van der Waals surface area contributed by atoms with Crippen LogP contribution >= 0.6 is 22.6 Å². The minimum atomic E-state index is -1.19. The number of carbonyl (C=O) groups excluding carboxylic acids is 1. The quantitative estimate of drug-likeness (QED) is 0.378. The number of nitrogens with zero attached hydrogens (tertiary/aromatic N) is 3. The first-order valence-electron chi connectivity index (χ1n) is 11.7. The van der Waals surface area contributed by atoms with Crippen LogP contribution in [0.1, 0.15) is 38.3 Å². The Balaban J connectivity index is 1.78. The number of benzene rings is 2. The summed E-state index contributed by atoms with van der Waals surface area (Å²) in [7, 11) is 1.56. The molecule has 3 N–H and O–H groups in total. The predicted molar refractivity (Wildman–Crippen MR) is 149 cm³/mol. The van der Waals surface area contributed by atoms with E-state index in [4.69, 9.17) is 0 Å². The van der Waals surface area contributed by atoms with E-state index in [0.29, 0.717) is 39.1 Å². The number of fused-ring (bicyclic) bond motifs is 1. The lowest BCUT2D eigenvalue weighted by atomic mass is 10.0. The van der Waals surface area contributed by atoms with E-state index in [1.54, 1.807) is 44.3 Å². The number of aliphatic hydroxyl groups is 1. The zero-order chi connectivity index (χ0) is 26.6. The van der Waals surface area contributed by atoms with Gasteiger partial charge in [-0.05, 0) is 84.3 Å². The van der Waals surface area contributed by atoms with Crippen LogP contribution in [0.3, 0.4) is 0 Å². The maximum absolute atomic E-state index is 15.2. The molecule has 1 saturated carbocycles. The molecule has 0 saturated heterocycles.